The highest BCUT2D eigenvalue weighted by Gasteiger charge is 2.55. The summed E-state index contributed by atoms with van der Waals surface area (Å²) in [4.78, 5) is 30.7. The second-order valence-corrected chi connectivity index (χ2v) is 10.3. The number of nitrogens with zero attached hydrogens (tertiary/aromatic N) is 3. The Kier molecular flexibility index (Phi) is 8.12. The predicted molar refractivity (Wildman–Crippen MR) is 127 cm³/mol. The Balaban J connectivity index is 1.54. The van der Waals surface area contributed by atoms with Crippen LogP contribution in [0.4, 0.5) is 4.79 Å². The molecule has 1 aromatic heterocycles. The number of ether oxygens (including phenoxy) is 4. The van der Waals surface area contributed by atoms with Crippen LogP contribution in [0, 0.1) is 0 Å². The molecule has 2 amide bonds. The molecule has 2 saturated heterocycles. The van der Waals surface area contributed by atoms with Gasteiger partial charge in [-0.25, -0.2) is 23.7 Å². The third-order valence-corrected chi connectivity index (χ3v) is 8.14. The molecular weight excluding hydrogens is 508 g/mol. The summed E-state index contributed by atoms with van der Waals surface area (Å²) in [6, 6.07) is 6.82. The lowest BCUT2D eigenvalue weighted by Crippen LogP contribution is -2.66. The van der Waals surface area contributed by atoms with Crippen molar-refractivity contribution in [3.8, 4) is 17.4 Å². The van der Waals surface area contributed by atoms with E-state index in [4.69, 9.17) is 18.9 Å². The van der Waals surface area contributed by atoms with Crippen LogP contribution in [-0.2, 0) is 24.3 Å². The number of carbonyl (C=O) groups excluding carboxylic acids is 2. The van der Waals surface area contributed by atoms with Gasteiger partial charge in [0.15, 0.2) is 0 Å². The Morgan fingerprint density at radius 2 is 1.81 bits per heavy atom. The second kappa shape index (κ2) is 11.3. The lowest BCUT2D eigenvalue weighted by atomic mass is 10.1. The summed E-state index contributed by atoms with van der Waals surface area (Å²) in [5, 5.41) is 9.37. The number of fused-ring (bicyclic) bond motifs is 2. The largest absolute Gasteiger partial charge is 0.497 e. The molecule has 0 radical (unpaired) electrons. The third-order valence-electron chi connectivity index (χ3n) is 6.31. The zero-order chi connectivity index (χ0) is 26.6. The number of methoxy groups -OCH3 is 2. The molecule has 2 fully saturated rings. The minimum absolute atomic E-state index is 0.0146. The summed E-state index contributed by atoms with van der Waals surface area (Å²) in [5.74, 6) is 0.350. The molecule has 13 nitrogen and oxygen atoms in total. The van der Waals surface area contributed by atoms with Crippen LogP contribution < -0.4 is 15.0 Å². The van der Waals surface area contributed by atoms with E-state index in [9.17, 15) is 23.2 Å². The molecule has 1 aromatic carbocycles. The van der Waals surface area contributed by atoms with Crippen molar-refractivity contribution in [1.82, 2.24) is 19.7 Å². The van der Waals surface area contributed by atoms with E-state index in [1.165, 1.54) is 29.6 Å². The van der Waals surface area contributed by atoms with E-state index in [1.54, 1.807) is 31.4 Å². The van der Waals surface area contributed by atoms with E-state index in [1.807, 2.05) is 0 Å². The fourth-order valence-corrected chi connectivity index (χ4v) is 6.19. The van der Waals surface area contributed by atoms with Gasteiger partial charge in [-0.15, -0.1) is 0 Å². The molecule has 200 valence electrons. The number of rotatable bonds is 9. The minimum atomic E-state index is -4.23. The molecular formula is C23H28N4O9S. The Morgan fingerprint density at radius 1 is 1.08 bits per heavy atom. The molecule has 2 aliphatic heterocycles. The number of sulfonamides is 1. The number of nitrogens with one attached hydrogen (secondary N) is 1. The van der Waals surface area contributed by atoms with Gasteiger partial charge in [0.1, 0.15) is 29.0 Å². The molecule has 0 saturated carbocycles. The summed E-state index contributed by atoms with van der Waals surface area (Å²) in [7, 11) is -1.22. The summed E-state index contributed by atoms with van der Waals surface area (Å²) >= 11 is 0. The van der Waals surface area contributed by atoms with Crippen molar-refractivity contribution in [3.05, 3.63) is 42.6 Å². The van der Waals surface area contributed by atoms with Crippen LogP contribution in [0.15, 0.2) is 47.5 Å². The van der Waals surface area contributed by atoms with Crippen LogP contribution in [0.25, 0.3) is 0 Å². The number of hydroxylamine groups is 1. The average Bonchev–Trinajstić information content (AvgIpc) is 3.22. The number of benzene rings is 1. The van der Waals surface area contributed by atoms with Crippen LogP contribution in [0.2, 0.25) is 0 Å². The van der Waals surface area contributed by atoms with Gasteiger partial charge in [0.05, 0.1) is 26.0 Å². The van der Waals surface area contributed by atoms with E-state index in [-0.39, 0.29) is 30.5 Å². The predicted octanol–water partition coefficient (Wildman–Crippen LogP) is 1.38. The average molecular weight is 537 g/mol. The van der Waals surface area contributed by atoms with Gasteiger partial charge >= 0.3 is 6.09 Å². The van der Waals surface area contributed by atoms with Crippen molar-refractivity contribution in [3.63, 3.8) is 0 Å². The number of aromatic nitrogens is 1. The van der Waals surface area contributed by atoms with Gasteiger partial charge in [-0.3, -0.25) is 14.9 Å². The van der Waals surface area contributed by atoms with Crippen molar-refractivity contribution in [2.24, 2.45) is 0 Å². The molecule has 4 rings (SSSR count). The van der Waals surface area contributed by atoms with E-state index in [2.05, 4.69) is 4.98 Å². The van der Waals surface area contributed by atoms with Gasteiger partial charge in [0.2, 0.25) is 15.9 Å². The molecule has 3 atom stereocenters. The number of hydrogen-bond acceptors (Lipinski definition) is 10. The number of piperazine rings is 1. The fraction of sp³-hybridized carbons (Fsp3) is 0.435. The quantitative estimate of drug-likeness (QED) is 0.273. The highest BCUT2D eigenvalue weighted by molar-refractivity contribution is 7.89. The first-order valence-corrected chi connectivity index (χ1v) is 12.9. The van der Waals surface area contributed by atoms with E-state index < -0.39 is 40.1 Å². The number of amides is 2. The lowest BCUT2D eigenvalue weighted by molar-refractivity contribution is -0.136. The van der Waals surface area contributed by atoms with Gasteiger partial charge in [0, 0.05) is 25.8 Å². The molecule has 37 heavy (non-hydrogen) atoms. The molecule has 2 aliphatic rings. The Hall–Kier alpha value is -3.46. The Morgan fingerprint density at radius 3 is 2.43 bits per heavy atom. The first-order chi connectivity index (χ1) is 17.8. The molecule has 0 spiro atoms. The Labute approximate surface area is 213 Å². The van der Waals surface area contributed by atoms with Gasteiger partial charge in [-0.2, -0.15) is 4.31 Å². The van der Waals surface area contributed by atoms with E-state index in [0.29, 0.717) is 24.3 Å². The molecule has 0 aliphatic carbocycles. The molecule has 2 aromatic rings. The van der Waals surface area contributed by atoms with E-state index in [0.717, 1.165) is 10.5 Å². The highest BCUT2D eigenvalue weighted by Crippen LogP contribution is 2.38. The van der Waals surface area contributed by atoms with Crippen molar-refractivity contribution in [2.75, 3.05) is 34.0 Å². The van der Waals surface area contributed by atoms with Gasteiger partial charge in [-0.1, -0.05) is 0 Å². The maximum absolute atomic E-state index is 13.6. The lowest BCUT2D eigenvalue weighted by Gasteiger charge is -2.44. The molecule has 2 bridgehead atoms. The first-order valence-electron chi connectivity index (χ1n) is 11.5. The molecule has 3 heterocycles. The van der Waals surface area contributed by atoms with Crippen LogP contribution in [0.5, 0.6) is 17.4 Å². The molecule has 0 unspecified atom stereocenters. The van der Waals surface area contributed by atoms with Crippen molar-refractivity contribution in [1.29, 1.82) is 0 Å². The van der Waals surface area contributed by atoms with Gasteiger partial charge in [-0.05, 0) is 43.2 Å². The normalized spacial score (nSPS) is 21.4. The first kappa shape index (κ1) is 26.6. The third kappa shape index (κ3) is 5.46. The summed E-state index contributed by atoms with van der Waals surface area (Å²) in [6.07, 6.45) is 1.30. The molecule has 14 heteroatoms. The van der Waals surface area contributed by atoms with Crippen molar-refractivity contribution >= 4 is 22.0 Å². The van der Waals surface area contributed by atoms with Crippen molar-refractivity contribution in [2.45, 2.75) is 35.9 Å². The highest BCUT2D eigenvalue weighted by atomic mass is 32.2. The smallest absolute Gasteiger partial charge is 0.410 e. The fourth-order valence-electron chi connectivity index (χ4n) is 4.58. The van der Waals surface area contributed by atoms with E-state index >= 15 is 0 Å². The minimum Gasteiger partial charge on any atom is -0.497 e. The zero-order valence-corrected chi connectivity index (χ0v) is 21.1. The van der Waals surface area contributed by atoms with Crippen LogP contribution in [0.1, 0.15) is 12.8 Å². The van der Waals surface area contributed by atoms with Gasteiger partial charge in [0.25, 0.3) is 5.91 Å². The summed E-state index contributed by atoms with van der Waals surface area (Å²) in [5.41, 5.74) is 1.54. The summed E-state index contributed by atoms with van der Waals surface area (Å²) in [6.45, 7) is 0.0578. The number of hydrogen-bond donors (Lipinski definition) is 2. The number of pyridine rings is 1. The topological polar surface area (TPSA) is 157 Å². The SMILES string of the molecule is COCCOC(=O)N1[C@@H]2CC[C@H]1[C@H](C(=O)NO)N(S(=O)(=O)c1ccc(Oc3ccc(OC)cc3)nc1)C2. The van der Waals surface area contributed by atoms with Crippen LogP contribution >= 0.6 is 0 Å². The zero-order valence-electron chi connectivity index (χ0n) is 20.3. The second-order valence-electron chi connectivity index (χ2n) is 8.42. The standard InChI is InChI=1S/C23H28N4O9S/c1-33-11-12-35-23(29)27-15-3-9-19(27)21(22(28)25-30)26(14-15)37(31,32)18-8-10-20(24-13-18)36-17-6-4-16(34-2)5-7-17/h4-8,10,13,15,19,21,30H,3,9,11-12,14H2,1-2H3,(H,25,28)/t15-,19+,21-/m1/s1. The van der Waals surface area contributed by atoms with Crippen LogP contribution in [0.3, 0.4) is 0 Å². The number of carbonyl (C=O) groups is 2. The summed E-state index contributed by atoms with van der Waals surface area (Å²) < 4.78 is 49.0. The van der Waals surface area contributed by atoms with Crippen molar-refractivity contribution < 1.29 is 42.2 Å². The maximum Gasteiger partial charge on any atom is 0.410 e. The maximum atomic E-state index is 13.6. The molecule has 2 N–H and O–H groups in total. The van der Waals surface area contributed by atoms with Gasteiger partial charge < -0.3 is 18.9 Å². The Bertz CT molecular complexity index is 1210. The monoisotopic (exact) mass is 536 g/mol. The van der Waals surface area contributed by atoms with Crippen LogP contribution in [-0.4, -0.2) is 91.9 Å².